The Bertz CT molecular complexity index is 884. The van der Waals surface area contributed by atoms with Crippen molar-refractivity contribution in [1.82, 2.24) is 20.8 Å². The molecule has 0 unspecified atom stereocenters. The molecule has 0 saturated carbocycles. The quantitative estimate of drug-likeness (QED) is 0.291. The highest BCUT2D eigenvalue weighted by Crippen LogP contribution is 2.14. The van der Waals surface area contributed by atoms with E-state index in [0.717, 1.165) is 0 Å². The summed E-state index contributed by atoms with van der Waals surface area (Å²) >= 11 is 0. The summed E-state index contributed by atoms with van der Waals surface area (Å²) in [6.07, 6.45) is 0.0285. The van der Waals surface area contributed by atoms with E-state index in [-0.39, 0.29) is 11.1 Å². The number of aromatic nitrogens is 2. The van der Waals surface area contributed by atoms with Crippen LogP contribution >= 0.6 is 0 Å². The maximum absolute atomic E-state index is 12.1. The molecule has 2 atom stereocenters. The van der Waals surface area contributed by atoms with Crippen molar-refractivity contribution < 1.29 is 19.9 Å². The largest absolute Gasteiger partial charge is 0.391 e. The number of carbonyl (C=O) groups excluding carboxylic acids is 2. The summed E-state index contributed by atoms with van der Waals surface area (Å²) in [5.41, 5.74) is 1.01. The molecule has 10 heteroatoms. The van der Waals surface area contributed by atoms with Crippen molar-refractivity contribution in [2.24, 2.45) is 0 Å². The molecule has 6 N–H and O–H groups in total. The average Bonchev–Trinajstić information content (AvgIpc) is 2.58. The molecule has 2 rings (SSSR count). The van der Waals surface area contributed by atoms with Crippen LogP contribution in [0, 0.1) is 0 Å². The fourth-order valence-electron chi connectivity index (χ4n) is 2.12. The Kier molecular flexibility index (Phi) is 5.47. The van der Waals surface area contributed by atoms with E-state index in [1.165, 1.54) is 42.9 Å². The second-order valence-corrected chi connectivity index (χ2v) is 5.23. The van der Waals surface area contributed by atoms with Gasteiger partial charge in [-0.2, -0.15) is 0 Å². The molecule has 0 bridgehead atoms. The van der Waals surface area contributed by atoms with Gasteiger partial charge in [0.1, 0.15) is 6.04 Å². The number of aliphatic hydroxyl groups is 1. The van der Waals surface area contributed by atoms with Crippen molar-refractivity contribution in [1.29, 1.82) is 0 Å². The first-order chi connectivity index (χ1) is 11.8. The molecule has 25 heavy (non-hydrogen) atoms. The summed E-state index contributed by atoms with van der Waals surface area (Å²) in [6.45, 7) is 1.28. The Morgan fingerprint density at radius 1 is 1.16 bits per heavy atom. The lowest BCUT2D eigenvalue weighted by Crippen LogP contribution is -2.51. The molecule has 0 spiro atoms. The van der Waals surface area contributed by atoms with Crippen molar-refractivity contribution >= 4 is 11.8 Å². The SMILES string of the molecule is C[C@@H](O)[C@H](NC(=O)c1ccc(-c2c[nH]c(=O)[nH]c2=O)cc1)C(=O)NO. The molecular weight excluding hydrogens is 332 g/mol. The first-order valence-electron chi connectivity index (χ1n) is 7.19. The van der Waals surface area contributed by atoms with Crippen LogP contribution in [0.2, 0.25) is 0 Å². The average molecular weight is 348 g/mol. The Labute approximate surface area is 140 Å². The Hall–Kier alpha value is -3.24. The molecular formula is C15H16N4O6. The molecule has 1 aromatic heterocycles. The number of aromatic amines is 2. The maximum atomic E-state index is 12.1. The van der Waals surface area contributed by atoms with Gasteiger partial charge in [-0.15, -0.1) is 0 Å². The highest BCUT2D eigenvalue weighted by Gasteiger charge is 2.25. The summed E-state index contributed by atoms with van der Waals surface area (Å²) in [5.74, 6) is -1.61. The van der Waals surface area contributed by atoms with Crippen LogP contribution < -0.4 is 22.0 Å². The van der Waals surface area contributed by atoms with Crippen LogP contribution in [-0.2, 0) is 4.79 Å². The van der Waals surface area contributed by atoms with E-state index < -0.39 is 35.2 Å². The first-order valence-corrected chi connectivity index (χ1v) is 7.19. The van der Waals surface area contributed by atoms with E-state index >= 15 is 0 Å². The predicted molar refractivity (Wildman–Crippen MR) is 86.0 cm³/mol. The molecule has 132 valence electrons. The van der Waals surface area contributed by atoms with Crippen LogP contribution in [0.4, 0.5) is 0 Å². The van der Waals surface area contributed by atoms with Gasteiger partial charge in [0.05, 0.1) is 11.7 Å². The molecule has 1 heterocycles. The lowest BCUT2D eigenvalue weighted by molar-refractivity contribution is -0.133. The van der Waals surface area contributed by atoms with Crippen LogP contribution in [0.15, 0.2) is 40.1 Å². The lowest BCUT2D eigenvalue weighted by Gasteiger charge is -2.19. The number of amides is 2. The van der Waals surface area contributed by atoms with Crippen LogP contribution in [0.25, 0.3) is 11.1 Å². The van der Waals surface area contributed by atoms with Crippen molar-refractivity contribution in [3.8, 4) is 11.1 Å². The third-order valence-corrected chi connectivity index (χ3v) is 3.44. The molecule has 0 aliphatic carbocycles. The van der Waals surface area contributed by atoms with Gasteiger partial charge in [-0.05, 0) is 24.6 Å². The van der Waals surface area contributed by atoms with E-state index in [1.807, 2.05) is 0 Å². The number of hydrogen-bond acceptors (Lipinski definition) is 6. The van der Waals surface area contributed by atoms with Gasteiger partial charge in [-0.3, -0.25) is 24.6 Å². The summed E-state index contributed by atoms with van der Waals surface area (Å²) < 4.78 is 0. The van der Waals surface area contributed by atoms with Crippen molar-refractivity contribution in [3.63, 3.8) is 0 Å². The smallest absolute Gasteiger partial charge is 0.325 e. The topological polar surface area (TPSA) is 164 Å². The van der Waals surface area contributed by atoms with Crippen LogP contribution in [-0.4, -0.2) is 44.2 Å². The highest BCUT2D eigenvalue weighted by atomic mass is 16.5. The zero-order valence-corrected chi connectivity index (χ0v) is 13.1. The van der Waals surface area contributed by atoms with E-state index in [9.17, 15) is 24.3 Å². The summed E-state index contributed by atoms with van der Waals surface area (Å²) in [5, 5.41) is 20.4. The van der Waals surface area contributed by atoms with Crippen molar-refractivity contribution in [2.75, 3.05) is 0 Å². The highest BCUT2D eigenvalue weighted by molar-refractivity contribution is 5.97. The van der Waals surface area contributed by atoms with Gasteiger partial charge in [-0.1, -0.05) is 12.1 Å². The fraction of sp³-hybridized carbons (Fsp3) is 0.200. The molecule has 0 aliphatic rings. The lowest BCUT2D eigenvalue weighted by atomic mass is 10.1. The number of benzene rings is 1. The van der Waals surface area contributed by atoms with Gasteiger partial charge in [-0.25, -0.2) is 10.3 Å². The Balaban J connectivity index is 2.21. The molecule has 10 nitrogen and oxygen atoms in total. The van der Waals surface area contributed by atoms with Gasteiger partial charge in [0.25, 0.3) is 17.4 Å². The van der Waals surface area contributed by atoms with Crippen LogP contribution in [0.1, 0.15) is 17.3 Å². The van der Waals surface area contributed by atoms with E-state index in [4.69, 9.17) is 5.21 Å². The number of hydrogen-bond donors (Lipinski definition) is 6. The first kappa shape index (κ1) is 18.1. The van der Waals surface area contributed by atoms with Gasteiger partial charge in [0, 0.05) is 11.8 Å². The second kappa shape index (κ2) is 7.55. The van der Waals surface area contributed by atoms with Crippen LogP contribution in [0.3, 0.4) is 0 Å². The predicted octanol–water partition coefficient (Wildman–Crippen LogP) is -1.29. The summed E-state index contributed by atoms with van der Waals surface area (Å²) in [6, 6.07) is 4.46. The number of hydroxylamine groups is 1. The minimum atomic E-state index is -1.33. The molecule has 1 aromatic carbocycles. The normalized spacial score (nSPS) is 12.9. The molecule has 0 fully saturated rings. The Morgan fingerprint density at radius 2 is 1.80 bits per heavy atom. The molecule has 2 amide bonds. The second-order valence-electron chi connectivity index (χ2n) is 5.23. The monoisotopic (exact) mass is 348 g/mol. The van der Waals surface area contributed by atoms with Crippen molar-refractivity contribution in [3.05, 3.63) is 56.9 Å². The van der Waals surface area contributed by atoms with Gasteiger partial charge in [0.2, 0.25) is 0 Å². The summed E-state index contributed by atoms with van der Waals surface area (Å²) in [4.78, 5) is 50.8. The molecule has 0 radical (unpaired) electrons. The molecule has 2 aromatic rings. The van der Waals surface area contributed by atoms with E-state index in [2.05, 4.69) is 15.3 Å². The number of aliphatic hydroxyl groups excluding tert-OH is 1. The molecule has 0 saturated heterocycles. The van der Waals surface area contributed by atoms with E-state index in [1.54, 1.807) is 0 Å². The van der Waals surface area contributed by atoms with Gasteiger partial charge in [0.15, 0.2) is 0 Å². The number of carbonyl (C=O) groups is 2. The zero-order chi connectivity index (χ0) is 18.6. The summed E-state index contributed by atoms with van der Waals surface area (Å²) in [7, 11) is 0. The maximum Gasteiger partial charge on any atom is 0.325 e. The van der Waals surface area contributed by atoms with Crippen LogP contribution in [0.5, 0.6) is 0 Å². The number of H-pyrrole nitrogens is 2. The third-order valence-electron chi connectivity index (χ3n) is 3.44. The van der Waals surface area contributed by atoms with Crippen molar-refractivity contribution in [2.45, 2.75) is 19.1 Å². The third kappa shape index (κ3) is 4.19. The molecule has 0 aliphatic heterocycles. The fourth-order valence-corrected chi connectivity index (χ4v) is 2.12. The standard InChI is InChI=1S/C15H16N4O6/c1-7(20)11(14(23)19-25)17-12(21)9-4-2-8(3-5-9)10-6-16-15(24)18-13(10)22/h2-7,11,20,25H,1H3,(H,17,21)(H,19,23)(H2,16,18,22,24)/t7-,11+/m1/s1. The minimum Gasteiger partial charge on any atom is -0.391 e. The number of rotatable bonds is 5. The Morgan fingerprint density at radius 3 is 2.32 bits per heavy atom. The number of nitrogens with one attached hydrogen (secondary N) is 4. The zero-order valence-electron chi connectivity index (χ0n) is 13.1. The minimum absolute atomic E-state index is 0.168. The van der Waals surface area contributed by atoms with Gasteiger partial charge >= 0.3 is 5.69 Å². The van der Waals surface area contributed by atoms with E-state index in [0.29, 0.717) is 5.56 Å². The van der Waals surface area contributed by atoms with Gasteiger partial charge < -0.3 is 15.4 Å².